The van der Waals surface area contributed by atoms with E-state index in [0.29, 0.717) is 19.4 Å². The van der Waals surface area contributed by atoms with E-state index in [0.717, 1.165) is 22.3 Å². The number of amides is 1. The number of para-hydroxylation sites is 1. The first kappa shape index (κ1) is 16.6. The van der Waals surface area contributed by atoms with Crippen molar-refractivity contribution < 1.29 is 9.53 Å². The average Bonchev–Trinajstić information content (AvgIpc) is 2.54. The Hall–Kier alpha value is -1.81. The molecule has 0 saturated carbocycles. The molecule has 0 radical (unpaired) electrons. The Labute approximate surface area is 139 Å². The molecule has 0 aliphatic rings. The van der Waals surface area contributed by atoms with Crippen molar-refractivity contribution in [2.75, 3.05) is 11.9 Å². The number of halogens is 1. The molecule has 0 unspecified atom stereocenters. The molecule has 1 amide bonds. The van der Waals surface area contributed by atoms with Gasteiger partial charge in [0.1, 0.15) is 5.75 Å². The van der Waals surface area contributed by atoms with Gasteiger partial charge in [-0.2, -0.15) is 0 Å². The summed E-state index contributed by atoms with van der Waals surface area (Å²) in [6, 6.07) is 15.6. The predicted octanol–water partition coefficient (Wildman–Crippen LogP) is 4.81. The second-order valence-corrected chi connectivity index (χ2v) is 5.84. The summed E-state index contributed by atoms with van der Waals surface area (Å²) in [7, 11) is 0. The van der Waals surface area contributed by atoms with Gasteiger partial charge in [-0.25, -0.2) is 0 Å². The first-order valence-corrected chi connectivity index (χ1v) is 8.24. The van der Waals surface area contributed by atoms with Crippen molar-refractivity contribution in [1.29, 1.82) is 0 Å². The third-order valence-corrected chi connectivity index (χ3v) is 3.93. The normalized spacial score (nSPS) is 10.3. The van der Waals surface area contributed by atoms with Gasteiger partial charge >= 0.3 is 0 Å². The molecule has 0 fully saturated rings. The molecular weight excluding hydrogens is 342 g/mol. The highest BCUT2D eigenvalue weighted by Crippen LogP contribution is 2.24. The maximum atomic E-state index is 11.9. The van der Waals surface area contributed by atoms with Crippen molar-refractivity contribution in [3.8, 4) is 5.75 Å². The van der Waals surface area contributed by atoms with Crippen LogP contribution in [0, 0.1) is 0 Å². The number of nitrogens with one attached hydrogen (secondary N) is 1. The number of hydrogen-bond acceptors (Lipinski definition) is 2. The van der Waals surface area contributed by atoms with Crippen LogP contribution in [0.4, 0.5) is 5.69 Å². The van der Waals surface area contributed by atoms with E-state index in [1.165, 1.54) is 5.56 Å². The second kappa shape index (κ2) is 8.59. The first-order chi connectivity index (χ1) is 10.7. The molecule has 0 saturated heterocycles. The predicted molar refractivity (Wildman–Crippen MR) is 93.3 cm³/mol. The summed E-state index contributed by atoms with van der Waals surface area (Å²) in [6.45, 7) is 2.64. The highest BCUT2D eigenvalue weighted by Gasteiger charge is 2.06. The van der Waals surface area contributed by atoms with Crippen LogP contribution in [-0.4, -0.2) is 12.5 Å². The lowest BCUT2D eigenvalue weighted by molar-refractivity contribution is -0.116. The van der Waals surface area contributed by atoms with Gasteiger partial charge in [0.15, 0.2) is 0 Å². The van der Waals surface area contributed by atoms with Crippen LogP contribution in [0.5, 0.6) is 5.75 Å². The van der Waals surface area contributed by atoms with Crippen molar-refractivity contribution >= 4 is 27.5 Å². The van der Waals surface area contributed by atoms with E-state index in [2.05, 4.69) is 28.2 Å². The zero-order chi connectivity index (χ0) is 15.8. The van der Waals surface area contributed by atoms with E-state index < -0.39 is 0 Å². The summed E-state index contributed by atoms with van der Waals surface area (Å²) in [6.07, 6.45) is 2.10. The van der Waals surface area contributed by atoms with Gasteiger partial charge in [0.2, 0.25) is 5.91 Å². The van der Waals surface area contributed by atoms with E-state index in [1.54, 1.807) is 0 Å². The second-order valence-electron chi connectivity index (χ2n) is 4.98. The molecule has 116 valence electrons. The molecule has 3 nitrogen and oxygen atoms in total. The Bertz CT molecular complexity index is 614. The molecular formula is C18H20BrNO2. The van der Waals surface area contributed by atoms with E-state index in [9.17, 15) is 4.79 Å². The van der Waals surface area contributed by atoms with Gasteiger partial charge in [-0.15, -0.1) is 0 Å². The van der Waals surface area contributed by atoms with Crippen LogP contribution < -0.4 is 10.1 Å². The Morgan fingerprint density at radius 3 is 2.64 bits per heavy atom. The van der Waals surface area contributed by atoms with Crippen LogP contribution in [0.3, 0.4) is 0 Å². The molecule has 2 rings (SSSR count). The Morgan fingerprint density at radius 1 is 1.18 bits per heavy atom. The van der Waals surface area contributed by atoms with Crippen LogP contribution in [0.1, 0.15) is 25.3 Å². The first-order valence-electron chi connectivity index (χ1n) is 7.45. The molecule has 0 aliphatic carbocycles. The Balaban J connectivity index is 1.74. The van der Waals surface area contributed by atoms with E-state index in [4.69, 9.17) is 4.74 Å². The van der Waals surface area contributed by atoms with Crippen molar-refractivity contribution in [1.82, 2.24) is 0 Å². The molecule has 2 aromatic carbocycles. The molecule has 0 heterocycles. The van der Waals surface area contributed by atoms with Crippen LogP contribution >= 0.6 is 15.9 Å². The minimum atomic E-state index is 0.00149. The van der Waals surface area contributed by atoms with Crippen LogP contribution in [0.15, 0.2) is 53.0 Å². The van der Waals surface area contributed by atoms with Gasteiger partial charge in [-0.3, -0.25) is 4.79 Å². The number of ether oxygens (including phenoxy) is 1. The maximum Gasteiger partial charge on any atom is 0.224 e. The SMILES string of the molecule is CCc1ccc(NC(=O)CCCOc2ccccc2)c(Br)c1. The van der Waals surface area contributed by atoms with Gasteiger partial charge in [0.05, 0.1) is 12.3 Å². The molecule has 4 heteroatoms. The minimum Gasteiger partial charge on any atom is -0.494 e. The summed E-state index contributed by atoms with van der Waals surface area (Å²) in [5.74, 6) is 0.836. The summed E-state index contributed by atoms with van der Waals surface area (Å²) in [5, 5.41) is 2.92. The zero-order valence-corrected chi connectivity index (χ0v) is 14.2. The Kier molecular flexibility index (Phi) is 6.46. The molecule has 2 aromatic rings. The van der Waals surface area contributed by atoms with Crippen molar-refractivity contribution in [3.05, 3.63) is 58.6 Å². The Morgan fingerprint density at radius 2 is 1.95 bits per heavy atom. The molecule has 0 atom stereocenters. The third-order valence-electron chi connectivity index (χ3n) is 3.28. The van der Waals surface area contributed by atoms with Crippen molar-refractivity contribution in [2.45, 2.75) is 26.2 Å². The summed E-state index contributed by atoms with van der Waals surface area (Å²) < 4.78 is 6.49. The van der Waals surface area contributed by atoms with Crippen molar-refractivity contribution in [3.63, 3.8) is 0 Å². The lowest BCUT2D eigenvalue weighted by Crippen LogP contribution is -2.13. The summed E-state index contributed by atoms with van der Waals surface area (Å²) in [4.78, 5) is 11.9. The monoisotopic (exact) mass is 361 g/mol. The summed E-state index contributed by atoms with van der Waals surface area (Å²) >= 11 is 3.49. The molecule has 0 bridgehead atoms. The number of anilines is 1. The van der Waals surface area contributed by atoms with Gasteiger partial charge in [-0.1, -0.05) is 31.2 Å². The topological polar surface area (TPSA) is 38.3 Å². The standard InChI is InChI=1S/C18H20BrNO2/c1-2-14-10-11-17(16(19)13-14)20-18(21)9-6-12-22-15-7-4-3-5-8-15/h3-5,7-8,10-11,13H,2,6,9,12H2,1H3,(H,20,21). The van der Waals surface area contributed by atoms with E-state index in [1.807, 2.05) is 48.5 Å². The van der Waals surface area contributed by atoms with Gasteiger partial charge in [0, 0.05) is 10.9 Å². The fourth-order valence-corrected chi connectivity index (χ4v) is 2.56. The minimum absolute atomic E-state index is 0.00149. The fraction of sp³-hybridized carbons (Fsp3) is 0.278. The lowest BCUT2D eigenvalue weighted by atomic mass is 10.1. The van der Waals surface area contributed by atoms with Crippen LogP contribution in [-0.2, 0) is 11.2 Å². The van der Waals surface area contributed by atoms with Gasteiger partial charge < -0.3 is 10.1 Å². The summed E-state index contributed by atoms with van der Waals surface area (Å²) in [5.41, 5.74) is 2.05. The van der Waals surface area contributed by atoms with E-state index >= 15 is 0 Å². The molecule has 0 aromatic heterocycles. The molecule has 22 heavy (non-hydrogen) atoms. The maximum absolute atomic E-state index is 11.9. The number of carbonyl (C=O) groups excluding carboxylic acids is 1. The smallest absolute Gasteiger partial charge is 0.224 e. The van der Waals surface area contributed by atoms with Crippen molar-refractivity contribution in [2.24, 2.45) is 0 Å². The quantitative estimate of drug-likeness (QED) is 0.718. The number of aryl methyl sites for hydroxylation is 1. The highest BCUT2D eigenvalue weighted by atomic mass is 79.9. The molecule has 0 spiro atoms. The third kappa shape index (κ3) is 5.19. The molecule has 0 aliphatic heterocycles. The van der Waals surface area contributed by atoms with Gasteiger partial charge in [-0.05, 0) is 58.6 Å². The average molecular weight is 362 g/mol. The van der Waals surface area contributed by atoms with Gasteiger partial charge in [0.25, 0.3) is 0 Å². The number of carbonyl (C=O) groups is 1. The highest BCUT2D eigenvalue weighted by molar-refractivity contribution is 9.10. The number of rotatable bonds is 7. The number of hydrogen-bond donors (Lipinski definition) is 1. The number of benzene rings is 2. The van der Waals surface area contributed by atoms with Crippen LogP contribution in [0.25, 0.3) is 0 Å². The zero-order valence-electron chi connectivity index (χ0n) is 12.6. The lowest BCUT2D eigenvalue weighted by Gasteiger charge is -2.09. The fourth-order valence-electron chi connectivity index (χ4n) is 2.03. The van der Waals surface area contributed by atoms with E-state index in [-0.39, 0.29) is 5.91 Å². The van der Waals surface area contributed by atoms with Crippen LogP contribution in [0.2, 0.25) is 0 Å². The largest absolute Gasteiger partial charge is 0.494 e. The molecule has 1 N–H and O–H groups in total.